The Balaban J connectivity index is 1.89. The van der Waals surface area contributed by atoms with Crippen molar-refractivity contribution in [2.24, 2.45) is 0 Å². The summed E-state index contributed by atoms with van der Waals surface area (Å²) in [7, 11) is 6.17. The second kappa shape index (κ2) is 8.06. The van der Waals surface area contributed by atoms with Crippen molar-refractivity contribution in [2.75, 3.05) is 28.4 Å². The number of pyridine rings is 1. The number of rotatable bonds is 5. The average molecular weight is 405 g/mol. The number of ether oxygens (including phenoxy) is 4. The van der Waals surface area contributed by atoms with Crippen molar-refractivity contribution >= 4 is 28.5 Å². The molecule has 3 aromatic rings. The first-order chi connectivity index (χ1) is 14.6. The molecule has 6 heteroatoms. The van der Waals surface area contributed by atoms with Gasteiger partial charge in [-0.25, -0.2) is 9.78 Å². The maximum Gasteiger partial charge on any atom is 0.338 e. The highest BCUT2D eigenvalue weighted by atomic mass is 16.5. The lowest BCUT2D eigenvalue weighted by molar-refractivity contribution is 0.0602. The number of aromatic nitrogens is 1. The van der Waals surface area contributed by atoms with Gasteiger partial charge >= 0.3 is 5.97 Å². The molecule has 0 amide bonds. The fourth-order valence-electron chi connectivity index (χ4n) is 4.00. The Morgan fingerprint density at radius 3 is 2.30 bits per heavy atom. The minimum absolute atomic E-state index is 0.334. The molecule has 0 saturated heterocycles. The topological polar surface area (TPSA) is 66.9 Å². The van der Waals surface area contributed by atoms with Crippen molar-refractivity contribution < 1.29 is 23.7 Å². The summed E-state index contributed by atoms with van der Waals surface area (Å²) in [6.45, 7) is 0. The molecule has 1 aromatic heterocycles. The number of nitrogens with zero attached hydrogens (tertiary/aromatic N) is 1. The Morgan fingerprint density at radius 2 is 1.67 bits per heavy atom. The molecule has 0 aliphatic heterocycles. The maximum absolute atomic E-state index is 12.6. The summed E-state index contributed by atoms with van der Waals surface area (Å²) < 4.78 is 21.4. The number of hydrogen-bond acceptors (Lipinski definition) is 6. The lowest BCUT2D eigenvalue weighted by Gasteiger charge is -2.13. The lowest BCUT2D eigenvalue weighted by Crippen LogP contribution is -2.08. The third kappa shape index (κ3) is 3.24. The summed E-state index contributed by atoms with van der Waals surface area (Å²) in [5, 5.41) is 0.817. The number of fused-ring (bicyclic) bond motifs is 2. The highest BCUT2D eigenvalue weighted by molar-refractivity contribution is 6.07. The molecule has 30 heavy (non-hydrogen) atoms. The smallest absolute Gasteiger partial charge is 0.338 e. The number of benzene rings is 2. The van der Waals surface area contributed by atoms with Gasteiger partial charge in [-0.1, -0.05) is 18.2 Å². The van der Waals surface area contributed by atoms with Gasteiger partial charge in [0.15, 0.2) is 11.5 Å². The average Bonchev–Trinajstić information content (AvgIpc) is 3.18. The second-order valence-electron chi connectivity index (χ2n) is 6.95. The second-order valence-corrected chi connectivity index (χ2v) is 6.95. The molecule has 0 unspecified atom stereocenters. The quantitative estimate of drug-likeness (QED) is 0.581. The van der Waals surface area contributed by atoms with E-state index >= 15 is 0 Å². The fraction of sp³-hybridized carbons (Fsp3) is 0.250. The van der Waals surface area contributed by atoms with Crippen LogP contribution in [0.4, 0.5) is 0 Å². The first-order valence-corrected chi connectivity index (χ1v) is 9.62. The van der Waals surface area contributed by atoms with E-state index in [9.17, 15) is 4.79 Å². The van der Waals surface area contributed by atoms with Gasteiger partial charge in [-0.3, -0.25) is 0 Å². The summed E-state index contributed by atoms with van der Waals surface area (Å²) in [5.41, 5.74) is 5.10. The first-order valence-electron chi connectivity index (χ1n) is 9.62. The lowest BCUT2D eigenvalue weighted by atomic mass is 10.0. The summed E-state index contributed by atoms with van der Waals surface area (Å²) in [6.07, 6.45) is 3.56. The summed E-state index contributed by atoms with van der Waals surface area (Å²) >= 11 is 0. The first kappa shape index (κ1) is 19.8. The van der Waals surface area contributed by atoms with Gasteiger partial charge in [0, 0.05) is 5.39 Å². The van der Waals surface area contributed by atoms with E-state index in [0.29, 0.717) is 22.8 Å². The molecule has 0 saturated carbocycles. The molecule has 0 bridgehead atoms. The van der Waals surface area contributed by atoms with Gasteiger partial charge in [-0.2, -0.15) is 0 Å². The standard InChI is InChI=1S/C24H23NO5/c1-27-19-12-14(13-20(28-2)23(19)29-3)11-15-9-10-17-21(24(26)30-4)16-7-5-6-8-18(16)25-22(15)17/h5-8,11-13H,9-10H2,1-4H3/b15-11-. The van der Waals surface area contributed by atoms with Crippen LogP contribution in [0.2, 0.25) is 0 Å². The van der Waals surface area contributed by atoms with Crippen LogP contribution in [0.15, 0.2) is 36.4 Å². The van der Waals surface area contributed by atoms with E-state index in [4.69, 9.17) is 23.9 Å². The van der Waals surface area contributed by atoms with Crippen LogP contribution in [-0.2, 0) is 11.2 Å². The van der Waals surface area contributed by atoms with Crippen LogP contribution in [0.5, 0.6) is 17.2 Å². The fourth-order valence-corrected chi connectivity index (χ4v) is 4.00. The van der Waals surface area contributed by atoms with Crippen LogP contribution in [0.1, 0.15) is 33.6 Å². The Morgan fingerprint density at radius 1 is 0.967 bits per heavy atom. The van der Waals surface area contributed by atoms with Crippen LogP contribution in [-0.4, -0.2) is 39.4 Å². The number of allylic oxidation sites excluding steroid dienone is 1. The zero-order valence-corrected chi connectivity index (χ0v) is 17.4. The Kier molecular flexibility index (Phi) is 5.31. The normalized spacial score (nSPS) is 13.9. The molecule has 0 atom stereocenters. The van der Waals surface area contributed by atoms with Crippen molar-refractivity contribution in [3.8, 4) is 17.2 Å². The van der Waals surface area contributed by atoms with E-state index < -0.39 is 0 Å². The van der Waals surface area contributed by atoms with Gasteiger partial charge in [-0.05, 0) is 53.8 Å². The van der Waals surface area contributed by atoms with Crippen LogP contribution in [0.25, 0.3) is 22.6 Å². The van der Waals surface area contributed by atoms with E-state index in [-0.39, 0.29) is 5.97 Å². The van der Waals surface area contributed by atoms with Crippen LogP contribution >= 0.6 is 0 Å². The molecule has 0 radical (unpaired) electrons. The van der Waals surface area contributed by atoms with Gasteiger partial charge in [0.1, 0.15) is 0 Å². The zero-order chi connectivity index (χ0) is 21.3. The monoisotopic (exact) mass is 405 g/mol. The van der Waals surface area contributed by atoms with Crippen molar-refractivity contribution in [3.63, 3.8) is 0 Å². The van der Waals surface area contributed by atoms with Gasteiger partial charge in [-0.15, -0.1) is 0 Å². The minimum atomic E-state index is -0.334. The third-order valence-electron chi connectivity index (χ3n) is 5.36. The van der Waals surface area contributed by atoms with Gasteiger partial charge < -0.3 is 18.9 Å². The van der Waals surface area contributed by atoms with Crippen molar-refractivity contribution in [2.45, 2.75) is 12.8 Å². The molecule has 6 nitrogen and oxygen atoms in total. The Hall–Kier alpha value is -3.54. The molecule has 0 N–H and O–H groups in total. The highest BCUT2D eigenvalue weighted by Crippen LogP contribution is 2.41. The molecule has 0 spiro atoms. The van der Waals surface area contributed by atoms with E-state index in [2.05, 4.69) is 6.08 Å². The molecule has 2 aromatic carbocycles. The third-order valence-corrected chi connectivity index (χ3v) is 5.36. The molecular formula is C24H23NO5. The molecule has 4 rings (SSSR count). The van der Waals surface area contributed by atoms with Crippen LogP contribution in [0.3, 0.4) is 0 Å². The summed E-state index contributed by atoms with van der Waals surface area (Å²) in [6, 6.07) is 11.4. The molecule has 0 fully saturated rings. The van der Waals surface area contributed by atoms with E-state index in [1.165, 1.54) is 7.11 Å². The minimum Gasteiger partial charge on any atom is -0.493 e. The van der Waals surface area contributed by atoms with E-state index in [1.807, 2.05) is 36.4 Å². The SMILES string of the molecule is COC(=O)c1c2c(nc3ccccc13)/C(=C\c1cc(OC)c(OC)c(OC)c1)CC2. The Bertz CT molecular complexity index is 1140. The van der Waals surface area contributed by atoms with Gasteiger partial charge in [0.2, 0.25) is 5.75 Å². The van der Waals surface area contributed by atoms with Crippen molar-refractivity contribution in [3.05, 3.63) is 58.8 Å². The van der Waals surface area contributed by atoms with Crippen molar-refractivity contribution in [1.82, 2.24) is 4.98 Å². The Labute approximate surface area is 175 Å². The predicted molar refractivity (Wildman–Crippen MR) is 115 cm³/mol. The summed E-state index contributed by atoms with van der Waals surface area (Å²) in [5.74, 6) is 1.39. The van der Waals surface area contributed by atoms with Gasteiger partial charge in [0.05, 0.1) is 45.2 Å². The highest BCUT2D eigenvalue weighted by Gasteiger charge is 2.27. The van der Waals surface area contributed by atoms with E-state index in [0.717, 1.165) is 46.1 Å². The van der Waals surface area contributed by atoms with Crippen LogP contribution in [0, 0.1) is 0 Å². The molecule has 154 valence electrons. The molecule has 1 aliphatic carbocycles. The summed E-state index contributed by atoms with van der Waals surface area (Å²) in [4.78, 5) is 17.4. The zero-order valence-electron chi connectivity index (χ0n) is 17.4. The number of esters is 1. The number of hydrogen-bond donors (Lipinski definition) is 0. The van der Waals surface area contributed by atoms with Crippen molar-refractivity contribution in [1.29, 1.82) is 0 Å². The molecule has 1 heterocycles. The number of carbonyl (C=O) groups is 1. The largest absolute Gasteiger partial charge is 0.493 e. The maximum atomic E-state index is 12.6. The molecule has 1 aliphatic rings. The van der Waals surface area contributed by atoms with Crippen LogP contribution < -0.4 is 14.2 Å². The number of para-hydroxylation sites is 1. The van der Waals surface area contributed by atoms with E-state index in [1.54, 1.807) is 21.3 Å². The number of methoxy groups -OCH3 is 4. The molecular weight excluding hydrogens is 382 g/mol. The number of carbonyl (C=O) groups excluding carboxylic acids is 1. The predicted octanol–water partition coefficient (Wildman–Crippen LogP) is 4.53. The van der Waals surface area contributed by atoms with Gasteiger partial charge in [0.25, 0.3) is 0 Å².